The maximum atomic E-state index is 13.8. The summed E-state index contributed by atoms with van der Waals surface area (Å²) in [5.41, 5.74) is -0.0864. The summed E-state index contributed by atoms with van der Waals surface area (Å²) < 4.78 is 36.4. The highest BCUT2D eigenvalue weighted by Gasteiger charge is 2.16. The van der Waals surface area contributed by atoms with E-state index in [1.807, 2.05) is 0 Å². The lowest BCUT2D eigenvalue weighted by molar-refractivity contribution is 0.592. The molecule has 0 radical (unpaired) electrons. The Morgan fingerprint density at radius 1 is 1.47 bits per heavy atom. The second-order valence-electron chi connectivity index (χ2n) is 3.35. The van der Waals surface area contributed by atoms with E-state index in [9.17, 15) is 12.8 Å². The van der Waals surface area contributed by atoms with E-state index < -0.39 is 20.8 Å². The molecule has 1 aromatic heterocycles. The number of rotatable bonds is 1. The monoisotopic (exact) mass is 338 g/mol. The Morgan fingerprint density at radius 3 is 2.71 bits per heavy atom. The highest BCUT2D eigenvalue weighted by Crippen LogP contribution is 2.31. The van der Waals surface area contributed by atoms with Crippen molar-refractivity contribution in [2.24, 2.45) is 0 Å². The topological polar surface area (TPSA) is 59.9 Å². The number of benzene rings is 1. The van der Waals surface area contributed by atoms with Crippen LogP contribution in [0.3, 0.4) is 0 Å². The van der Waals surface area contributed by atoms with Gasteiger partial charge in [0.2, 0.25) is 15.0 Å². The van der Waals surface area contributed by atoms with E-state index >= 15 is 0 Å². The minimum atomic E-state index is -3.57. The van der Waals surface area contributed by atoms with Gasteiger partial charge < -0.3 is 0 Å². The van der Waals surface area contributed by atoms with Gasteiger partial charge in [-0.3, -0.25) is 0 Å². The van der Waals surface area contributed by atoms with Crippen LogP contribution in [0.1, 0.15) is 0 Å². The van der Waals surface area contributed by atoms with Gasteiger partial charge in [-0.05, 0) is 22.0 Å². The van der Waals surface area contributed by atoms with Gasteiger partial charge in [-0.15, -0.1) is 0 Å². The SMILES string of the molecule is CS(=O)(=O)c1ncc2cc(Cl)c(Br)c(F)c2n1. The highest BCUT2D eigenvalue weighted by molar-refractivity contribution is 9.10. The number of halogens is 3. The fourth-order valence-electron chi connectivity index (χ4n) is 1.24. The van der Waals surface area contributed by atoms with Gasteiger partial charge in [-0.2, -0.15) is 0 Å². The van der Waals surface area contributed by atoms with Crippen molar-refractivity contribution in [2.45, 2.75) is 5.16 Å². The molecule has 1 aromatic carbocycles. The number of sulfone groups is 1. The van der Waals surface area contributed by atoms with Crippen LogP contribution in [-0.4, -0.2) is 24.6 Å². The molecule has 17 heavy (non-hydrogen) atoms. The van der Waals surface area contributed by atoms with E-state index in [2.05, 4.69) is 25.9 Å². The summed E-state index contributed by atoms with van der Waals surface area (Å²) in [6.45, 7) is 0. The van der Waals surface area contributed by atoms with Gasteiger partial charge in [0.05, 0.1) is 9.50 Å². The summed E-state index contributed by atoms with van der Waals surface area (Å²) in [7, 11) is -3.57. The Balaban J connectivity index is 2.87. The Hall–Kier alpha value is -0.790. The summed E-state index contributed by atoms with van der Waals surface area (Å²) >= 11 is 8.72. The first-order valence-electron chi connectivity index (χ1n) is 4.31. The van der Waals surface area contributed by atoms with Gasteiger partial charge in [0.1, 0.15) is 5.52 Å². The molecule has 0 aliphatic heterocycles. The average Bonchev–Trinajstić information content (AvgIpc) is 2.24. The van der Waals surface area contributed by atoms with E-state index in [0.717, 1.165) is 6.26 Å². The van der Waals surface area contributed by atoms with E-state index in [1.165, 1.54) is 12.3 Å². The zero-order valence-corrected chi connectivity index (χ0v) is 11.6. The molecule has 4 nitrogen and oxygen atoms in total. The lowest BCUT2D eigenvalue weighted by atomic mass is 10.2. The zero-order chi connectivity index (χ0) is 12.8. The largest absolute Gasteiger partial charge is 0.247 e. The van der Waals surface area contributed by atoms with E-state index in [4.69, 9.17) is 11.6 Å². The second-order valence-corrected chi connectivity index (χ2v) is 6.46. The standard InChI is InChI=1S/C9H5BrClFN2O2S/c1-17(15,16)9-13-3-4-2-5(11)6(10)7(12)8(4)14-9/h2-3H,1H3. The molecule has 0 unspecified atom stereocenters. The van der Waals surface area contributed by atoms with Crippen molar-refractivity contribution >= 4 is 48.3 Å². The maximum Gasteiger partial charge on any atom is 0.247 e. The number of aromatic nitrogens is 2. The molecule has 2 aromatic rings. The number of hydrogen-bond donors (Lipinski definition) is 0. The summed E-state index contributed by atoms with van der Waals surface area (Å²) in [6.07, 6.45) is 2.18. The molecule has 0 N–H and O–H groups in total. The highest BCUT2D eigenvalue weighted by atomic mass is 79.9. The predicted molar refractivity (Wildman–Crippen MR) is 65.3 cm³/mol. The Bertz CT molecular complexity index is 720. The number of fused-ring (bicyclic) bond motifs is 1. The molecule has 0 amide bonds. The summed E-state index contributed by atoms with van der Waals surface area (Å²) in [4.78, 5) is 7.34. The van der Waals surface area contributed by atoms with Crippen molar-refractivity contribution in [1.29, 1.82) is 0 Å². The van der Waals surface area contributed by atoms with Crippen LogP contribution < -0.4 is 0 Å². The minimum Gasteiger partial charge on any atom is -0.226 e. The summed E-state index contributed by atoms with van der Waals surface area (Å²) in [5.74, 6) is -0.709. The van der Waals surface area contributed by atoms with Gasteiger partial charge in [0.25, 0.3) is 0 Å². The van der Waals surface area contributed by atoms with Crippen molar-refractivity contribution in [2.75, 3.05) is 6.26 Å². The maximum absolute atomic E-state index is 13.8. The fraction of sp³-hybridized carbons (Fsp3) is 0.111. The normalized spacial score (nSPS) is 12.0. The van der Waals surface area contributed by atoms with Crippen molar-refractivity contribution in [3.05, 3.63) is 27.6 Å². The quantitative estimate of drug-likeness (QED) is 0.592. The molecule has 0 fully saturated rings. The van der Waals surface area contributed by atoms with E-state index in [0.29, 0.717) is 5.39 Å². The molecule has 0 saturated carbocycles. The molecule has 0 bridgehead atoms. The third-order valence-corrected chi connectivity index (χ3v) is 4.18. The van der Waals surface area contributed by atoms with Crippen molar-refractivity contribution in [3.8, 4) is 0 Å². The third-order valence-electron chi connectivity index (χ3n) is 2.02. The Morgan fingerprint density at radius 2 is 2.12 bits per heavy atom. The molecule has 2 rings (SSSR count). The van der Waals surface area contributed by atoms with Crippen molar-refractivity contribution < 1.29 is 12.8 Å². The van der Waals surface area contributed by atoms with Crippen LogP contribution in [-0.2, 0) is 9.84 Å². The predicted octanol–water partition coefficient (Wildman–Crippen LogP) is 2.59. The third kappa shape index (κ3) is 2.27. The van der Waals surface area contributed by atoms with Crippen molar-refractivity contribution in [3.63, 3.8) is 0 Å². The van der Waals surface area contributed by atoms with Gasteiger partial charge in [-0.25, -0.2) is 22.8 Å². The van der Waals surface area contributed by atoms with Crippen LogP contribution in [0.15, 0.2) is 21.9 Å². The first kappa shape index (κ1) is 12.7. The van der Waals surface area contributed by atoms with Gasteiger partial charge in [0, 0.05) is 17.8 Å². The molecular weight excluding hydrogens is 335 g/mol. The lowest BCUT2D eigenvalue weighted by Crippen LogP contribution is -2.04. The lowest BCUT2D eigenvalue weighted by Gasteiger charge is -2.04. The molecule has 1 heterocycles. The van der Waals surface area contributed by atoms with Crippen molar-refractivity contribution in [1.82, 2.24) is 9.97 Å². The van der Waals surface area contributed by atoms with Crippen LogP contribution >= 0.6 is 27.5 Å². The van der Waals surface area contributed by atoms with Gasteiger partial charge >= 0.3 is 0 Å². The summed E-state index contributed by atoms with van der Waals surface area (Å²) in [5, 5.41) is 0.0897. The molecular formula is C9H5BrClFN2O2S. The number of hydrogen-bond acceptors (Lipinski definition) is 4. The van der Waals surface area contributed by atoms with Crippen LogP contribution in [0, 0.1) is 5.82 Å². The molecule has 0 atom stereocenters. The Labute approximate surface area is 110 Å². The van der Waals surface area contributed by atoms with Crippen LogP contribution in [0.2, 0.25) is 5.02 Å². The fourth-order valence-corrected chi connectivity index (χ4v) is 2.25. The van der Waals surface area contributed by atoms with E-state index in [-0.39, 0.29) is 15.0 Å². The minimum absolute atomic E-state index is 0.0461. The average molecular weight is 340 g/mol. The molecule has 0 aliphatic rings. The molecule has 8 heteroatoms. The Kier molecular flexibility index (Phi) is 3.09. The van der Waals surface area contributed by atoms with Crippen LogP contribution in [0.4, 0.5) is 4.39 Å². The van der Waals surface area contributed by atoms with Crippen LogP contribution in [0.5, 0.6) is 0 Å². The first-order valence-corrected chi connectivity index (χ1v) is 7.37. The second kappa shape index (κ2) is 4.15. The van der Waals surface area contributed by atoms with Gasteiger partial charge in [-0.1, -0.05) is 11.6 Å². The molecule has 0 aliphatic carbocycles. The van der Waals surface area contributed by atoms with Crippen LogP contribution in [0.25, 0.3) is 10.9 Å². The smallest absolute Gasteiger partial charge is 0.226 e. The summed E-state index contributed by atoms with van der Waals surface area (Å²) in [6, 6.07) is 1.45. The number of nitrogens with zero attached hydrogens (tertiary/aromatic N) is 2. The molecule has 0 spiro atoms. The van der Waals surface area contributed by atoms with Gasteiger partial charge in [0.15, 0.2) is 5.82 Å². The first-order chi connectivity index (χ1) is 7.80. The molecule has 0 saturated heterocycles. The zero-order valence-electron chi connectivity index (χ0n) is 8.41. The molecule has 90 valence electrons. The van der Waals surface area contributed by atoms with E-state index in [1.54, 1.807) is 0 Å².